The third kappa shape index (κ3) is 5.21. The zero-order chi connectivity index (χ0) is 24.1. The van der Waals surface area contributed by atoms with Crippen LogP contribution in [0.5, 0.6) is 5.75 Å². The maximum Gasteiger partial charge on any atom is 0.237 e. The first-order valence-electron chi connectivity index (χ1n) is 10.5. The molecule has 0 aliphatic carbocycles. The second-order valence-corrected chi connectivity index (χ2v) is 8.81. The molecule has 0 aliphatic rings. The highest BCUT2D eigenvalue weighted by Gasteiger charge is 2.23. The number of rotatable bonds is 8. The van der Waals surface area contributed by atoms with Crippen molar-refractivity contribution in [1.29, 1.82) is 0 Å². The van der Waals surface area contributed by atoms with Gasteiger partial charge in [0.25, 0.3) is 0 Å². The standard InChI is InChI=1S/C24H21ClFN5O2S/c1-3-33-17-12-10-16(11-13-17)22-29-30-24(31(22)20-9-5-4-7-18(20)26)34-15(2)23(32)28-19-8-6-14-27-21(19)25/h4-15H,3H2,1-2H3,(H,28,32). The van der Waals surface area contributed by atoms with Gasteiger partial charge in [0.15, 0.2) is 16.1 Å². The largest absolute Gasteiger partial charge is 0.494 e. The first-order chi connectivity index (χ1) is 16.5. The lowest BCUT2D eigenvalue weighted by Gasteiger charge is -2.15. The normalized spacial score (nSPS) is 11.8. The van der Waals surface area contributed by atoms with Crippen LogP contribution in [-0.2, 0) is 4.79 Å². The van der Waals surface area contributed by atoms with Crippen LogP contribution in [0.25, 0.3) is 17.1 Å². The zero-order valence-corrected chi connectivity index (χ0v) is 20.0. The molecule has 0 aliphatic heterocycles. The Labute approximate surface area is 205 Å². The number of benzene rings is 2. The first-order valence-corrected chi connectivity index (χ1v) is 11.7. The van der Waals surface area contributed by atoms with Gasteiger partial charge < -0.3 is 10.1 Å². The van der Waals surface area contributed by atoms with Gasteiger partial charge in [0, 0.05) is 11.8 Å². The number of thioether (sulfide) groups is 1. The number of hydrogen-bond donors (Lipinski definition) is 1. The molecular formula is C24H21ClFN5O2S. The first kappa shape index (κ1) is 23.7. The van der Waals surface area contributed by atoms with Gasteiger partial charge in [0.1, 0.15) is 11.6 Å². The number of carbonyl (C=O) groups excluding carboxylic acids is 1. The van der Waals surface area contributed by atoms with Crippen LogP contribution in [0, 0.1) is 5.82 Å². The van der Waals surface area contributed by atoms with E-state index in [1.165, 1.54) is 12.3 Å². The number of halogens is 2. The van der Waals surface area contributed by atoms with Crippen LogP contribution < -0.4 is 10.1 Å². The van der Waals surface area contributed by atoms with Crippen molar-refractivity contribution in [2.24, 2.45) is 0 Å². The molecule has 10 heteroatoms. The molecule has 34 heavy (non-hydrogen) atoms. The minimum absolute atomic E-state index is 0.195. The van der Waals surface area contributed by atoms with Gasteiger partial charge >= 0.3 is 0 Å². The summed E-state index contributed by atoms with van der Waals surface area (Å²) in [6.07, 6.45) is 1.54. The third-order valence-electron chi connectivity index (χ3n) is 4.82. The molecule has 174 valence electrons. The SMILES string of the molecule is CCOc1ccc(-c2nnc(SC(C)C(=O)Nc3cccnc3Cl)n2-c2ccccc2F)cc1. The minimum atomic E-state index is -0.584. The number of amides is 1. The number of nitrogens with one attached hydrogen (secondary N) is 1. The molecule has 0 saturated carbocycles. The van der Waals surface area contributed by atoms with Crippen LogP contribution in [0.15, 0.2) is 72.0 Å². The highest BCUT2D eigenvalue weighted by Crippen LogP contribution is 2.32. The monoisotopic (exact) mass is 497 g/mol. The van der Waals surface area contributed by atoms with Crippen molar-refractivity contribution in [2.45, 2.75) is 24.3 Å². The van der Waals surface area contributed by atoms with Gasteiger partial charge in [-0.3, -0.25) is 9.36 Å². The molecule has 2 aromatic carbocycles. The molecule has 7 nitrogen and oxygen atoms in total. The summed E-state index contributed by atoms with van der Waals surface area (Å²) >= 11 is 7.20. The van der Waals surface area contributed by atoms with Crippen molar-refractivity contribution in [3.63, 3.8) is 0 Å². The molecule has 1 N–H and O–H groups in total. The Kier molecular flexibility index (Phi) is 7.44. The second-order valence-electron chi connectivity index (χ2n) is 7.14. The molecule has 0 radical (unpaired) electrons. The Morgan fingerprint density at radius 1 is 1.15 bits per heavy atom. The quantitative estimate of drug-likeness (QED) is 0.250. The minimum Gasteiger partial charge on any atom is -0.494 e. The van der Waals surface area contributed by atoms with Crippen molar-refractivity contribution < 1.29 is 13.9 Å². The van der Waals surface area contributed by atoms with E-state index in [1.54, 1.807) is 41.8 Å². The fraction of sp³-hybridized carbons (Fsp3) is 0.167. The van der Waals surface area contributed by atoms with Gasteiger partial charge in [0.05, 0.1) is 23.2 Å². The smallest absolute Gasteiger partial charge is 0.237 e. The number of nitrogens with zero attached hydrogens (tertiary/aromatic N) is 4. The molecule has 0 bridgehead atoms. The average Bonchev–Trinajstić information content (AvgIpc) is 3.24. The molecule has 4 rings (SSSR count). The van der Waals surface area contributed by atoms with Crippen molar-refractivity contribution in [3.05, 3.63) is 77.8 Å². The summed E-state index contributed by atoms with van der Waals surface area (Å²) in [5.41, 5.74) is 1.42. The molecule has 0 fully saturated rings. The van der Waals surface area contributed by atoms with E-state index in [0.717, 1.165) is 23.1 Å². The van der Waals surface area contributed by atoms with Gasteiger partial charge in [-0.05, 0) is 62.4 Å². The summed E-state index contributed by atoms with van der Waals surface area (Å²) in [6, 6.07) is 17.0. The number of anilines is 1. The van der Waals surface area contributed by atoms with Crippen molar-refractivity contribution in [2.75, 3.05) is 11.9 Å². The van der Waals surface area contributed by atoms with E-state index >= 15 is 0 Å². The van der Waals surface area contributed by atoms with Gasteiger partial charge in [-0.25, -0.2) is 9.37 Å². The summed E-state index contributed by atoms with van der Waals surface area (Å²) in [7, 11) is 0. The molecule has 1 atom stereocenters. The highest BCUT2D eigenvalue weighted by molar-refractivity contribution is 8.00. The maximum atomic E-state index is 14.8. The van der Waals surface area contributed by atoms with Crippen LogP contribution >= 0.6 is 23.4 Å². The molecule has 1 amide bonds. The Morgan fingerprint density at radius 3 is 2.62 bits per heavy atom. The molecule has 0 spiro atoms. The Hall–Kier alpha value is -3.43. The van der Waals surface area contributed by atoms with Crippen LogP contribution in [-0.4, -0.2) is 37.5 Å². The number of para-hydroxylation sites is 1. The molecule has 2 aromatic heterocycles. The molecule has 4 aromatic rings. The average molecular weight is 498 g/mol. The number of hydrogen-bond acceptors (Lipinski definition) is 6. The van der Waals surface area contributed by atoms with Crippen molar-refractivity contribution in [3.8, 4) is 22.8 Å². The van der Waals surface area contributed by atoms with Crippen LogP contribution in [0.2, 0.25) is 5.15 Å². The number of ether oxygens (including phenoxy) is 1. The molecule has 1 unspecified atom stereocenters. The fourth-order valence-corrected chi connectivity index (χ4v) is 4.20. The van der Waals surface area contributed by atoms with Gasteiger partial charge in [-0.15, -0.1) is 10.2 Å². The topological polar surface area (TPSA) is 81.9 Å². The highest BCUT2D eigenvalue weighted by atomic mass is 35.5. The summed E-state index contributed by atoms with van der Waals surface area (Å²) in [4.78, 5) is 16.8. The summed E-state index contributed by atoms with van der Waals surface area (Å²) in [6.45, 7) is 4.18. The fourth-order valence-electron chi connectivity index (χ4n) is 3.18. The van der Waals surface area contributed by atoms with E-state index in [4.69, 9.17) is 16.3 Å². The number of aromatic nitrogens is 4. The van der Waals surface area contributed by atoms with Crippen LogP contribution in [0.1, 0.15) is 13.8 Å². The van der Waals surface area contributed by atoms with E-state index in [0.29, 0.717) is 23.3 Å². The van der Waals surface area contributed by atoms with Gasteiger partial charge in [0.2, 0.25) is 5.91 Å². The predicted molar refractivity (Wildman–Crippen MR) is 131 cm³/mol. The number of carbonyl (C=O) groups is 1. The van der Waals surface area contributed by atoms with Crippen molar-refractivity contribution in [1.82, 2.24) is 19.7 Å². The second kappa shape index (κ2) is 10.7. The van der Waals surface area contributed by atoms with E-state index in [1.807, 2.05) is 31.2 Å². The zero-order valence-electron chi connectivity index (χ0n) is 18.4. The lowest BCUT2D eigenvalue weighted by molar-refractivity contribution is -0.115. The molecule has 2 heterocycles. The van der Waals surface area contributed by atoms with Crippen molar-refractivity contribution >= 4 is 35.0 Å². The predicted octanol–water partition coefficient (Wildman–Crippen LogP) is 5.64. The Balaban J connectivity index is 1.66. The number of pyridine rings is 1. The van der Waals surface area contributed by atoms with E-state index in [-0.39, 0.29) is 16.7 Å². The van der Waals surface area contributed by atoms with Crippen LogP contribution in [0.4, 0.5) is 10.1 Å². The Bertz CT molecular complexity index is 1300. The van der Waals surface area contributed by atoms with E-state index in [2.05, 4.69) is 20.5 Å². The van der Waals surface area contributed by atoms with Crippen LogP contribution in [0.3, 0.4) is 0 Å². The lowest BCUT2D eigenvalue weighted by Crippen LogP contribution is -2.23. The summed E-state index contributed by atoms with van der Waals surface area (Å²) in [5, 5.41) is 11.3. The molecule has 0 saturated heterocycles. The summed E-state index contributed by atoms with van der Waals surface area (Å²) in [5.74, 6) is 0.428. The lowest BCUT2D eigenvalue weighted by atomic mass is 10.2. The van der Waals surface area contributed by atoms with Gasteiger partial charge in [-0.1, -0.05) is 35.5 Å². The summed E-state index contributed by atoms with van der Waals surface area (Å²) < 4.78 is 21.9. The van der Waals surface area contributed by atoms with E-state index < -0.39 is 11.1 Å². The maximum absolute atomic E-state index is 14.8. The Morgan fingerprint density at radius 2 is 1.91 bits per heavy atom. The third-order valence-corrected chi connectivity index (χ3v) is 6.16. The van der Waals surface area contributed by atoms with E-state index in [9.17, 15) is 9.18 Å². The molecular weight excluding hydrogens is 477 g/mol. The van der Waals surface area contributed by atoms with Gasteiger partial charge in [-0.2, -0.15) is 0 Å².